The summed E-state index contributed by atoms with van der Waals surface area (Å²) in [6.07, 6.45) is 2.12. The minimum atomic E-state index is -1.57. The Bertz CT molecular complexity index is 3230. The molecule has 364 valence electrons. The number of pyridine rings is 1. The number of allylic oxidation sites excluding steroid dienone is 1. The van der Waals surface area contributed by atoms with Crippen molar-refractivity contribution in [2.75, 3.05) is 0 Å². The van der Waals surface area contributed by atoms with Crippen LogP contribution < -0.4 is 43.0 Å². The number of aromatic nitrogens is 6. The van der Waals surface area contributed by atoms with Crippen LogP contribution in [-0.4, -0.2) is 94.4 Å². The molecule has 10 bridgehead atoms. The smallest absolute Gasteiger partial charge is 0.275 e. The van der Waals surface area contributed by atoms with Crippen LogP contribution in [0.5, 0.6) is 0 Å². The number of amides is 8. The fraction of sp³-hybridized carbons (Fsp3) is 0.163. The highest BCUT2D eigenvalue weighted by Gasteiger charge is 2.30. The second-order valence-electron chi connectivity index (χ2n) is 14.8. The van der Waals surface area contributed by atoms with Crippen molar-refractivity contribution >= 4 is 92.7 Å². The van der Waals surface area contributed by atoms with Crippen LogP contribution in [0.4, 0.5) is 0 Å². The lowest BCUT2D eigenvalue weighted by molar-refractivity contribution is -0.124. The van der Waals surface area contributed by atoms with E-state index in [1.807, 2.05) is 0 Å². The maximum Gasteiger partial charge on any atom is 0.275 e. The standard InChI is InChI=1S/C43H38N14O11S3/c1-7-22-41-54-25(12-68-41)34(61)45-10-29-50-26(13-69-29)36(63)49-19(5)42-55-27(14-70-42)37(64)47-17(3)33(60)48-18(4)40-53-24(11-67-40)31-21(8-9-23(51-31)35(62)46-16(2)32(44)59)43-56-28(15-71-43)38(65)57-30(20(6)58)39(66)52-22/h7-9,11-15,19-20,30,58H,2-4,10H2,1,5-6H3,(H2,44,59)(H,45,61)(H,46,62)(H,47,64)(H,48,60)(H,49,63)(H,52,66)(H,57,65)/b22-7+. The molecule has 1 aliphatic rings. The molecular formula is C43H38N14O11S3. The molecule has 3 atom stereocenters. The largest absolute Gasteiger partial charge is 0.443 e. The lowest BCUT2D eigenvalue weighted by Crippen LogP contribution is -2.52. The number of primary amides is 1. The van der Waals surface area contributed by atoms with Gasteiger partial charge < -0.3 is 56.9 Å². The second kappa shape index (κ2) is 21.2. The number of carbonyl (C=O) groups excluding carboxylic acids is 8. The topological polar surface area (TPSA) is 371 Å². The van der Waals surface area contributed by atoms with E-state index in [2.05, 4.69) is 86.9 Å². The van der Waals surface area contributed by atoms with Crippen LogP contribution >= 0.6 is 34.0 Å². The Kier molecular flexibility index (Phi) is 14.9. The summed E-state index contributed by atoms with van der Waals surface area (Å²) >= 11 is 3.12. The summed E-state index contributed by atoms with van der Waals surface area (Å²) in [5.41, 5.74) is 3.61. The molecule has 28 heteroatoms. The van der Waals surface area contributed by atoms with Gasteiger partial charge in [-0.05, 0) is 32.9 Å². The van der Waals surface area contributed by atoms with Crippen molar-refractivity contribution < 1.29 is 52.3 Å². The van der Waals surface area contributed by atoms with E-state index in [4.69, 9.17) is 14.6 Å². The summed E-state index contributed by atoms with van der Waals surface area (Å²) in [7, 11) is 0. The van der Waals surface area contributed by atoms with Gasteiger partial charge >= 0.3 is 0 Å². The van der Waals surface area contributed by atoms with Gasteiger partial charge in [-0.25, -0.2) is 29.9 Å². The van der Waals surface area contributed by atoms with Crippen molar-refractivity contribution in [2.24, 2.45) is 5.73 Å². The van der Waals surface area contributed by atoms with Gasteiger partial charge in [0.2, 0.25) is 17.7 Å². The Balaban J connectivity index is 1.19. The molecule has 1 aliphatic heterocycles. The first-order chi connectivity index (χ1) is 33.8. The fourth-order valence-electron chi connectivity index (χ4n) is 6.01. The Morgan fingerprint density at radius 3 is 2.17 bits per heavy atom. The van der Waals surface area contributed by atoms with Crippen LogP contribution in [0.2, 0.25) is 0 Å². The molecule has 0 fully saturated rings. The minimum Gasteiger partial charge on any atom is -0.443 e. The van der Waals surface area contributed by atoms with Crippen molar-refractivity contribution in [2.45, 2.75) is 45.5 Å². The van der Waals surface area contributed by atoms with E-state index in [0.29, 0.717) is 10.0 Å². The van der Waals surface area contributed by atoms with Crippen molar-refractivity contribution in [3.8, 4) is 22.0 Å². The normalized spacial score (nSPS) is 17.5. The fourth-order valence-corrected chi connectivity index (χ4v) is 8.36. The summed E-state index contributed by atoms with van der Waals surface area (Å²) in [6, 6.07) is 0.433. The van der Waals surface area contributed by atoms with Crippen LogP contribution in [0.3, 0.4) is 0 Å². The molecule has 0 saturated carbocycles. The molecule has 8 amide bonds. The first kappa shape index (κ1) is 50.0. The Labute approximate surface area is 411 Å². The van der Waals surface area contributed by atoms with Gasteiger partial charge in [0.25, 0.3) is 41.4 Å². The van der Waals surface area contributed by atoms with Crippen molar-refractivity contribution in [3.63, 3.8) is 0 Å². The average Bonchev–Trinajstić information content (AvgIpc) is 4.21. The number of rotatable bonds is 4. The SMILES string of the molecule is C=C(NC(=O)c1ccc2c(n1)-c1coc(n1)C(=C)NC(=O)C(=C)NC(=O)c1csc(n1)C(C)NC(=O)c1csc(n1)CNC(=O)c1coc(n1)/C(=C\C)NC(=O)C(C(C)O)NC(=O)c1csc-2n1)C(N)=O. The number of nitrogens with zero attached hydrogens (tertiary/aromatic N) is 6. The molecule has 6 aromatic rings. The first-order valence-electron chi connectivity index (χ1n) is 20.4. The number of nitrogens with two attached hydrogens (primary N) is 1. The zero-order valence-corrected chi connectivity index (χ0v) is 39.6. The molecule has 6 aromatic heterocycles. The molecule has 71 heavy (non-hydrogen) atoms. The molecule has 0 saturated heterocycles. The molecular weight excluding hydrogens is 985 g/mol. The Morgan fingerprint density at radius 2 is 1.44 bits per heavy atom. The number of hydrogen-bond acceptors (Lipinski definition) is 20. The molecule has 0 radical (unpaired) electrons. The van der Waals surface area contributed by atoms with Crippen LogP contribution in [0, 0.1) is 0 Å². The van der Waals surface area contributed by atoms with Crippen LogP contribution in [-0.2, 0) is 20.9 Å². The Morgan fingerprint density at radius 1 is 0.789 bits per heavy atom. The van der Waals surface area contributed by atoms with Crippen molar-refractivity contribution in [1.82, 2.24) is 67.1 Å². The molecule has 0 aromatic carbocycles. The molecule has 25 nitrogen and oxygen atoms in total. The third-order valence-electron chi connectivity index (χ3n) is 9.69. The van der Waals surface area contributed by atoms with Gasteiger partial charge in [0.05, 0.1) is 41.5 Å². The monoisotopic (exact) mass is 1020 g/mol. The maximum absolute atomic E-state index is 13.6. The quantitative estimate of drug-likeness (QED) is 0.114. The lowest BCUT2D eigenvalue weighted by atomic mass is 10.1. The van der Waals surface area contributed by atoms with E-state index in [1.165, 1.54) is 41.3 Å². The molecule has 7 heterocycles. The zero-order chi connectivity index (χ0) is 51.3. The number of oxazole rings is 2. The summed E-state index contributed by atoms with van der Waals surface area (Å²) in [4.78, 5) is 130. The Hall–Kier alpha value is -8.86. The highest BCUT2D eigenvalue weighted by Crippen LogP contribution is 2.33. The molecule has 0 spiro atoms. The number of fused-ring (bicyclic) bond motifs is 13. The lowest BCUT2D eigenvalue weighted by Gasteiger charge is -2.20. The van der Waals surface area contributed by atoms with Gasteiger partial charge in [-0.2, -0.15) is 0 Å². The number of hydrogen-bond donors (Lipinski definition) is 9. The summed E-state index contributed by atoms with van der Waals surface area (Å²) in [5, 5.41) is 33.2. The summed E-state index contributed by atoms with van der Waals surface area (Å²) < 4.78 is 11.1. The van der Waals surface area contributed by atoms with Crippen LogP contribution in [0.25, 0.3) is 33.4 Å². The first-order valence-corrected chi connectivity index (χ1v) is 23.1. The number of carbonyl (C=O) groups is 8. The van der Waals surface area contributed by atoms with E-state index in [1.54, 1.807) is 13.8 Å². The van der Waals surface area contributed by atoms with Crippen LogP contribution in [0.1, 0.15) is 101 Å². The number of aliphatic hydroxyl groups is 1. The van der Waals surface area contributed by atoms with Gasteiger partial charge in [-0.15, -0.1) is 34.0 Å². The maximum atomic E-state index is 13.6. The van der Waals surface area contributed by atoms with Crippen LogP contribution in [0.15, 0.2) is 86.8 Å². The molecule has 3 unspecified atom stereocenters. The van der Waals surface area contributed by atoms with Gasteiger partial charge in [0, 0.05) is 21.7 Å². The second-order valence-corrected chi connectivity index (χ2v) is 17.5. The highest BCUT2D eigenvalue weighted by molar-refractivity contribution is 7.13. The average molecular weight is 1020 g/mol. The molecule has 7 rings (SSSR count). The van der Waals surface area contributed by atoms with Crippen molar-refractivity contribution in [3.05, 3.63) is 128 Å². The van der Waals surface area contributed by atoms with E-state index >= 15 is 0 Å². The summed E-state index contributed by atoms with van der Waals surface area (Å²) in [6.45, 7) is 15.2. The van der Waals surface area contributed by atoms with Gasteiger partial charge in [0.15, 0.2) is 5.69 Å². The van der Waals surface area contributed by atoms with E-state index in [0.717, 1.165) is 46.5 Å². The highest BCUT2D eigenvalue weighted by atomic mass is 32.1. The number of thiazole rings is 3. The van der Waals surface area contributed by atoms with E-state index in [9.17, 15) is 43.5 Å². The predicted octanol–water partition coefficient (Wildman–Crippen LogP) is 1.91. The predicted molar refractivity (Wildman–Crippen MR) is 253 cm³/mol. The molecule has 10 N–H and O–H groups in total. The zero-order valence-electron chi connectivity index (χ0n) is 37.2. The van der Waals surface area contributed by atoms with Crippen molar-refractivity contribution in [1.29, 1.82) is 0 Å². The number of nitrogens with one attached hydrogen (secondary N) is 7. The third kappa shape index (κ3) is 11.5. The summed E-state index contributed by atoms with van der Waals surface area (Å²) in [5.74, 6) is -7.07. The van der Waals surface area contributed by atoms with Gasteiger partial charge in [0.1, 0.15) is 67.8 Å². The van der Waals surface area contributed by atoms with Gasteiger partial charge in [-0.1, -0.05) is 25.8 Å². The third-order valence-corrected chi connectivity index (χ3v) is 12.4. The molecule has 0 aliphatic carbocycles. The van der Waals surface area contributed by atoms with E-state index < -0.39 is 76.8 Å². The van der Waals surface area contributed by atoms with Gasteiger partial charge in [-0.3, -0.25) is 38.4 Å². The number of aliphatic hydroxyl groups excluding tert-OH is 1. The van der Waals surface area contributed by atoms with E-state index in [-0.39, 0.29) is 80.1 Å². The minimum absolute atomic E-state index is 0.0109.